The molecular formula is C24H29Cl3N2O4S. The molecule has 3 aromatic carbocycles. The molecule has 0 amide bonds. The molecule has 0 radical (unpaired) electrons. The fourth-order valence-electron chi connectivity index (χ4n) is 3.17. The quantitative estimate of drug-likeness (QED) is 0.311. The molecule has 4 N–H and O–H groups in total. The van der Waals surface area contributed by atoms with E-state index in [9.17, 15) is 13.5 Å². The first-order valence-corrected chi connectivity index (χ1v) is 12.2. The van der Waals surface area contributed by atoms with E-state index in [0.717, 1.165) is 11.1 Å². The van der Waals surface area contributed by atoms with Crippen molar-refractivity contribution >= 4 is 46.3 Å². The number of aliphatic hydroxyl groups excluding tert-OH is 1. The van der Waals surface area contributed by atoms with Crippen molar-refractivity contribution in [1.82, 2.24) is 5.32 Å². The van der Waals surface area contributed by atoms with E-state index in [0.29, 0.717) is 43.4 Å². The first kappa shape index (κ1) is 30.2. The van der Waals surface area contributed by atoms with Crippen LogP contribution in [0.2, 0.25) is 5.02 Å². The number of nitrogens with two attached hydrogens (primary N) is 1. The molecule has 0 aliphatic rings. The molecule has 10 heteroatoms. The number of sulfone groups is 1. The van der Waals surface area contributed by atoms with Gasteiger partial charge in [-0.05, 0) is 72.6 Å². The van der Waals surface area contributed by atoms with Crippen molar-refractivity contribution in [3.8, 4) is 5.75 Å². The van der Waals surface area contributed by atoms with Crippen LogP contribution in [0.25, 0.3) is 0 Å². The molecule has 0 bridgehead atoms. The van der Waals surface area contributed by atoms with Crippen molar-refractivity contribution in [3.63, 3.8) is 0 Å². The summed E-state index contributed by atoms with van der Waals surface area (Å²) in [6, 6.07) is 20.3. The first-order valence-electron chi connectivity index (χ1n) is 10.3. The van der Waals surface area contributed by atoms with E-state index in [1.165, 1.54) is 12.1 Å². The van der Waals surface area contributed by atoms with Gasteiger partial charge in [-0.3, -0.25) is 0 Å². The maximum atomic E-state index is 12.9. The predicted octanol–water partition coefficient (Wildman–Crippen LogP) is 4.22. The number of hydrogen-bond donors (Lipinski definition) is 3. The second-order valence-corrected chi connectivity index (χ2v) is 9.67. The van der Waals surface area contributed by atoms with Crippen LogP contribution in [0.1, 0.15) is 17.2 Å². The Hall–Kier alpha value is -1.84. The van der Waals surface area contributed by atoms with Crippen LogP contribution in [-0.2, 0) is 16.3 Å². The molecule has 0 fully saturated rings. The van der Waals surface area contributed by atoms with Crippen LogP contribution in [0.3, 0.4) is 0 Å². The fourth-order valence-corrected chi connectivity index (χ4v) is 4.63. The summed E-state index contributed by atoms with van der Waals surface area (Å²) in [6.45, 7) is 1.82. The highest BCUT2D eigenvalue weighted by atomic mass is 35.5. The largest absolute Gasteiger partial charge is 0.492 e. The van der Waals surface area contributed by atoms with Gasteiger partial charge in [-0.2, -0.15) is 0 Å². The Labute approximate surface area is 218 Å². The van der Waals surface area contributed by atoms with Gasteiger partial charge in [0.2, 0.25) is 9.84 Å². The van der Waals surface area contributed by atoms with Gasteiger partial charge in [-0.15, -0.1) is 24.8 Å². The lowest BCUT2D eigenvalue weighted by Crippen LogP contribution is -2.23. The van der Waals surface area contributed by atoms with Crippen molar-refractivity contribution in [2.75, 3.05) is 26.2 Å². The zero-order chi connectivity index (χ0) is 23.0. The molecule has 186 valence electrons. The van der Waals surface area contributed by atoms with Gasteiger partial charge in [0.05, 0.1) is 15.9 Å². The second-order valence-electron chi connectivity index (χ2n) is 7.28. The highest BCUT2D eigenvalue weighted by Gasteiger charge is 2.17. The standard InChI is InChI=1S/C24H27ClN2O4S.2ClH/c25-20-3-1-2-19(16-20)24(28)17-27-14-12-18-4-8-22(9-5-18)32(29,30)23-10-6-21(7-11-23)31-15-13-26;;/h1-11,16,24,27-28H,12-15,17,26H2;2*1H/t24-;;/m0../s1. The van der Waals surface area contributed by atoms with Crippen LogP contribution >= 0.6 is 36.4 Å². The molecule has 0 spiro atoms. The Kier molecular flexibility index (Phi) is 12.9. The van der Waals surface area contributed by atoms with Gasteiger partial charge in [0.1, 0.15) is 12.4 Å². The van der Waals surface area contributed by atoms with Crippen LogP contribution in [0.5, 0.6) is 5.75 Å². The molecule has 3 rings (SSSR count). The van der Waals surface area contributed by atoms with E-state index in [1.807, 2.05) is 6.07 Å². The molecule has 0 unspecified atom stereocenters. The summed E-state index contributed by atoms with van der Waals surface area (Å²) < 4.78 is 31.1. The van der Waals surface area contributed by atoms with E-state index < -0.39 is 15.9 Å². The Morgan fingerprint density at radius 3 is 2.18 bits per heavy atom. The Bertz CT molecular complexity index is 1110. The molecule has 0 aliphatic heterocycles. The van der Waals surface area contributed by atoms with Crippen LogP contribution < -0.4 is 15.8 Å². The third kappa shape index (κ3) is 8.43. The highest BCUT2D eigenvalue weighted by molar-refractivity contribution is 7.91. The lowest BCUT2D eigenvalue weighted by Gasteiger charge is -2.13. The van der Waals surface area contributed by atoms with Crippen molar-refractivity contribution in [3.05, 3.63) is 88.9 Å². The fraction of sp³-hybridized carbons (Fsp3) is 0.250. The van der Waals surface area contributed by atoms with E-state index in [1.54, 1.807) is 54.6 Å². The predicted molar refractivity (Wildman–Crippen MR) is 140 cm³/mol. The lowest BCUT2D eigenvalue weighted by molar-refractivity contribution is 0.175. The molecule has 6 nitrogen and oxygen atoms in total. The summed E-state index contributed by atoms with van der Waals surface area (Å²) in [7, 11) is -3.60. The van der Waals surface area contributed by atoms with Crippen LogP contribution in [-0.4, -0.2) is 39.8 Å². The third-order valence-corrected chi connectivity index (χ3v) is 6.94. The highest BCUT2D eigenvalue weighted by Crippen LogP contribution is 2.23. The number of halogens is 3. The lowest BCUT2D eigenvalue weighted by atomic mass is 10.1. The number of hydrogen-bond acceptors (Lipinski definition) is 6. The van der Waals surface area contributed by atoms with Crippen molar-refractivity contribution in [1.29, 1.82) is 0 Å². The molecule has 0 aromatic heterocycles. The van der Waals surface area contributed by atoms with E-state index >= 15 is 0 Å². The Morgan fingerprint density at radius 2 is 1.59 bits per heavy atom. The first-order chi connectivity index (χ1) is 15.4. The van der Waals surface area contributed by atoms with Crippen molar-refractivity contribution in [2.24, 2.45) is 5.73 Å². The van der Waals surface area contributed by atoms with Crippen molar-refractivity contribution in [2.45, 2.75) is 22.3 Å². The number of nitrogens with one attached hydrogen (secondary N) is 1. The number of rotatable bonds is 11. The monoisotopic (exact) mass is 546 g/mol. The SMILES string of the molecule is Cl.Cl.NCCOc1ccc(S(=O)(=O)c2ccc(CCNC[C@H](O)c3cccc(Cl)c3)cc2)cc1. The molecule has 34 heavy (non-hydrogen) atoms. The third-order valence-electron chi connectivity index (χ3n) is 4.92. The summed E-state index contributed by atoms with van der Waals surface area (Å²) >= 11 is 5.96. The van der Waals surface area contributed by atoms with Gasteiger partial charge in [0.15, 0.2) is 0 Å². The summed E-state index contributed by atoms with van der Waals surface area (Å²) in [5.74, 6) is 0.581. The van der Waals surface area contributed by atoms with Gasteiger partial charge in [0.25, 0.3) is 0 Å². The average molecular weight is 548 g/mol. The van der Waals surface area contributed by atoms with Gasteiger partial charge in [0, 0.05) is 18.1 Å². The Morgan fingerprint density at radius 1 is 0.971 bits per heavy atom. The summed E-state index contributed by atoms with van der Waals surface area (Å²) in [5.41, 5.74) is 7.17. The van der Waals surface area contributed by atoms with Crippen LogP contribution in [0, 0.1) is 0 Å². The minimum atomic E-state index is -3.60. The Balaban J connectivity index is 0.00000289. The van der Waals surface area contributed by atoms with Crippen molar-refractivity contribution < 1.29 is 18.3 Å². The minimum absolute atomic E-state index is 0. The average Bonchev–Trinajstić information content (AvgIpc) is 2.81. The minimum Gasteiger partial charge on any atom is -0.492 e. The van der Waals surface area contributed by atoms with E-state index in [4.69, 9.17) is 22.1 Å². The van der Waals surface area contributed by atoms with Gasteiger partial charge < -0.3 is 20.9 Å². The normalized spacial score (nSPS) is 11.7. The zero-order valence-corrected chi connectivity index (χ0v) is 21.6. The molecule has 0 heterocycles. The van der Waals surface area contributed by atoms with Crippen LogP contribution in [0.4, 0.5) is 0 Å². The second kappa shape index (κ2) is 14.5. The number of ether oxygens (including phenoxy) is 1. The van der Waals surface area contributed by atoms with E-state index in [-0.39, 0.29) is 34.6 Å². The summed E-state index contributed by atoms with van der Waals surface area (Å²) in [6.07, 6.45) is 0.0591. The number of aliphatic hydroxyl groups is 1. The van der Waals surface area contributed by atoms with Gasteiger partial charge in [-0.25, -0.2) is 8.42 Å². The summed E-state index contributed by atoms with van der Waals surface area (Å²) in [5, 5.41) is 14.0. The maximum absolute atomic E-state index is 12.9. The smallest absolute Gasteiger partial charge is 0.206 e. The van der Waals surface area contributed by atoms with Gasteiger partial charge >= 0.3 is 0 Å². The molecule has 1 atom stereocenters. The number of benzene rings is 3. The maximum Gasteiger partial charge on any atom is 0.206 e. The van der Waals surface area contributed by atoms with E-state index in [2.05, 4.69) is 5.32 Å². The molecule has 0 saturated heterocycles. The molecular weight excluding hydrogens is 519 g/mol. The molecule has 3 aromatic rings. The molecule has 0 saturated carbocycles. The topological polar surface area (TPSA) is 102 Å². The molecule has 0 aliphatic carbocycles. The van der Waals surface area contributed by atoms with Crippen LogP contribution in [0.15, 0.2) is 82.6 Å². The zero-order valence-electron chi connectivity index (χ0n) is 18.4. The summed E-state index contributed by atoms with van der Waals surface area (Å²) in [4.78, 5) is 0.447. The van der Waals surface area contributed by atoms with Gasteiger partial charge in [-0.1, -0.05) is 35.9 Å².